The van der Waals surface area contributed by atoms with Crippen molar-refractivity contribution in [2.75, 3.05) is 46.4 Å². The number of piperazine rings is 1. The number of amides is 2. The number of hydrogen-bond donors (Lipinski definition) is 2. The quantitative estimate of drug-likeness (QED) is 0.862. The van der Waals surface area contributed by atoms with E-state index in [1.54, 1.807) is 25.0 Å². The molecule has 7 heteroatoms. The van der Waals surface area contributed by atoms with E-state index in [1.807, 2.05) is 0 Å². The fourth-order valence-electron chi connectivity index (χ4n) is 2.55. The monoisotopic (exact) mass is 325 g/mol. The number of benzene rings is 1. The van der Waals surface area contributed by atoms with Crippen molar-refractivity contribution in [3.8, 4) is 5.75 Å². The number of phenols is 1. The Morgan fingerprint density at radius 2 is 2.09 bits per heavy atom. The molecule has 1 heterocycles. The average Bonchev–Trinajstić information content (AvgIpc) is 2.55. The van der Waals surface area contributed by atoms with E-state index in [4.69, 9.17) is 4.74 Å². The molecular formula is C16H24FN3O3. The largest absolute Gasteiger partial charge is 0.505 e. The van der Waals surface area contributed by atoms with Gasteiger partial charge in [0.05, 0.1) is 12.6 Å². The van der Waals surface area contributed by atoms with Crippen molar-refractivity contribution >= 4 is 6.03 Å². The van der Waals surface area contributed by atoms with E-state index in [9.17, 15) is 14.3 Å². The molecule has 1 fully saturated rings. The van der Waals surface area contributed by atoms with Crippen molar-refractivity contribution in [1.82, 2.24) is 15.1 Å². The predicted molar refractivity (Wildman–Crippen MR) is 84.9 cm³/mol. The minimum Gasteiger partial charge on any atom is -0.505 e. The second-order valence-corrected chi connectivity index (χ2v) is 5.70. The molecule has 0 aromatic heterocycles. The van der Waals surface area contributed by atoms with Crippen molar-refractivity contribution in [2.24, 2.45) is 0 Å². The van der Waals surface area contributed by atoms with Crippen LogP contribution in [0.25, 0.3) is 0 Å². The Kier molecular flexibility index (Phi) is 6.18. The molecule has 6 nitrogen and oxygen atoms in total. The molecule has 1 aliphatic heterocycles. The van der Waals surface area contributed by atoms with E-state index < -0.39 is 5.82 Å². The number of halogens is 1. The average molecular weight is 325 g/mol. The number of aromatic hydroxyl groups is 1. The molecule has 1 aromatic rings. The molecule has 0 radical (unpaired) electrons. The van der Waals surface area contributed by atoms with Gasteiger partial charge in [-0.2, -0.15) is 0 Å². The number of phenolic OH excluding ortho intramolecular Hbond substituents is 1. The van der Waals surface area contributed by atoms with Crippen LogP contribution in [0.4, 0.5) is 9.18 Å². The van der Waals surface area contributed by atoms with Gasteiger partial charge in [0.25, 0.3) is 0 Å². The summed E-state index contributed by atoms with van der Waals surface area (Å²) in [5.41, 5.74) is 0.618. The normalized spacial score (nSPS) is 17.1. The van der Waals surface area contributed by atoms with Crippen LogP contribution in [0.1, 0.15) is 18.5 Å². The van der Waals surface area contributed by atoms with Gasteiger partial charge in [-0.05, 0) is 24.6 Å². The Balaban J connectivity index is 1.83. The number of urea groups is 1. The zero-order chi connectivity index (χ0) is 16.8. The summed E-state index contributed by atoms with van der Waals surface area (Å²) in [5, 5.41) is 12.1. The van der Waals surface area contributed by atoms with Crippen molar-refractivity contribution in [1.29, 1.82) is 0 Å². The number of methoxy groups -OCH3 is 1. The molecule has 128 valence electrons. The lowest BCUT2D eigenvalue weighted by Gasteiger charge is -2.35. The SMILES string of the molecule is COCCN1CCN(C(=O)N[C@@H](C)c2ccc(O)c(F)c2)CC1. The summed E-state index contributed by atoms with van der Waals surface area (Å²) < 4.78 is 18.4. The van der Waals surface area contributed by atoms with Gasteiger partial charge in [0.2, 0.25) is 0 Å². The van der Waals surface area contributed by atoms with Crippen LogP contribution in [-0.2, 0) is 4.74 Å². The number of hydrogen-bond acceptors (Lipinski definition) is 4. The summed E-state index contributed by atoms with van der Waals surface area (Å²) in [7, 11) is 1.68. The van der Waals surface area contributed by atoms with Crippen molar-refractivity contribution in [3.63, 3.8) is 0 Å². The molecule has 0 unspecified atom stereocenters. The van der Waals surface area contributed by atoms with Gasteiger partial charge in [-0.3, -0.25) is 4.90 Å². The summed E-state index contributed by atoms with van der Waals surface area (Å²) in [6, 6.07) is 3.65. The molecule has 2 amide bonds. The number of rotatable bonds is 5. The molecule has 1 atom stereocenters. The number of nitrogens with one attached hydrogen (secondary N) is 1. The third-order valence-electron chi connectivity index (χ3n) is 4.08. The van der Waals surface area contributed by atoms with E-state index in [2.05, 4.69) is 10.2 Å². The highest BCUT2D eigenvalue weighted by molar-refractivity contribution is 5.74. The first kappa shape index (κ1) is 17.5. The molecule has 1 saturated heterocycles. The minimum atomic E-state index is -0.685. The van der Waals surface area contributed by atoms with Crippen LogP contribution in [0.5, 0.6) is 5.75 Å². The van der Waals surface area contributed by atoms with Gasteiger partial charge in [0.1, 0.15) is 0 Å². The van der Waals surface area contributed by atoms with Crippen LogP contribution in [0.3, 0.4) is 0 Å². The first-order valence-electron chi connectivity index (χ1n) is 7.76. The number of carbonyl (C=O) groups excluding carboxylic acids is 1. The Hall–Kier alpha value is -1.86. The topological polar surface area (TPSA) is 65.0 Å². The molecular weight excluding hydrogens is 301 g/mol. The van der Waals surface area contributed by atoms with Crippen molar-refractivity contribution in [2.45, 2.75) is 13.0 Å². The predicted octanol–water partition coefficient (Wildman–Crippen LogP) is 1.57. The molecule has 0 bridgehead atoms. The van der Waals surface area contributed by atoms with Crippen molar-refractivity contribution < 1.29 is 19.0 Å². The summed E-state index contributed by atoms with van der Waals surface area (Å²) in [6.07, 6.45) is 0. The zero-order valence-corrected chi connectivity index (χ0v) is 13.6. The second kappa shape index (κ2) is 8.12. The van der Waals surface area contributed by atoms with Crippen LogP contribution in [0.15, 0.2) is 18.2 Å². The van der Waals surface area contributed by atoms with Gasteiger partial charge < -0.3 is 20.1 Å². The highest BCUT2D eigenvalue weighted by Gasteiger charge is 2.22. The van der Waals surface area contributed by atoms with Crippen LogP contribution in [-0.4, -0.2) is 67.4 Å². The molecule has 2 N–H and O–H groups in total. The van der Waals surface area contributed by atoms with Crippen molar-refractivity contribution in [3.05, 3.63) is 29.6 Å². The smallest absolute Gasteiger partial charge is 0.317 e. The highest BCUT2D eigenvalue weighted by Crippen LogP contribution is 2.20. The van der Waals surface area contributed by atoms with Crippen LogP contribution in [0.2, 0.25) is 0 Å². The first-order valence-corrected chi connectivity index (χ1v) is 7.76. The standard InChI is InChI=1S/C16H24FN3O3/c1-12(13-3-4-15(21)14(17)11-13)18-16(22)20-7-5-19(6-8-20)9-10-23-2/h3-4,11-12,21H,5-10H2,1-2H3,(H,18,22)/t12-/m0/s1. The van der Waals surface area contributed by atoms with E-state index in [0.717, 1.165) is 19.6 Å². The molecule has 0 saturated carbocycles. The van der Waals surface area contributed by atoms with E-state index in [0.29, 0.717) is 25.3 Å². The summed E-state index contributed by atoms with van der Waals surface area (Å²) >= 11 is 0. The lowest BCUT2D eigenvalue weighted by molar-refractivity contribution is 0.105. The van der Waals surface area contributed by atoms with Gasteiger partial charge >= 0.3 is 6.03 Å². The Labute approximate surface area is 135 Å². The molecule has 2 rings (SSSR count). The fraction of sp³-hybridized carbons (Fsp3) is 0.562. The molecule has 0 spiro atoms. The lowest BCUT2D eigenvalue weighted by Crippen LogP contribution is -2.52. The van der Waals surface area contributed by atoms with Gasteiger partial charge in [-0.25, -0.2) is 9.18 Å². The van der Waals surface area contributed by atoms with Crippen LogP contribution >= 0.6 is 0 Å². The van der Waals surface area contributed by atoms with Gasteiger partial charge in [0.15, 0.2) is 11.6 Å². The van der Waals surface area contributed by atoms with Crippen LogP contribution < -0.4 is 5.32 Å². The van der Waals surface area contributed by atoms with Gasteiger partial charge in [-0.1, -0.05) is 6.07 Å². The minimum absolute atomic E-state index is 0.155. The first-order chi connectivity index (χ1) is 11.0. The zero-order valence-electron chi connectivity index (χ0n) is 13.6. The van der Waals surface area contributed by atoms with E-state index >= 15 is 0 Å². The maximum Gasteiger partial charge on any atom is 0.317 e. The lowest BCUT2D eigenvalue weighted by atomic mass is 10.1. The summed E-state index contributed by atoms with van der Waals surface area (Å²) in [4.78, 5) is 16.3. The summed E-state index contributed by atoms with van der Waals surface area (Å²) in [6.45, 7) is 6.31. The van der Waals surface area contributed by atoms with Gasteiger partial charge in [0, 0.05) is 39.8 Å². The molecule has 0 aliphatic carbocycles. The second-order valence-electron chi connectivity index (χ2n) is 5.70. The molecule has 1 aromatic carbocycles. The molecule has 23 heavy (non-hydrogen) atoms. The third-order valence-corrected chi connectivity index (χ3v) is 4.08. The van der Waals surface area contributed by atoms with E-state index in [-0.39, 0.29) is 17.8 Å². The summed E-state index contributed by atoms with van der Waals surface area (Å²) in [5.74, 6) is -1.07. The highest BCUT2D eigenvalue weighted by atomic mass is 19.1. The maximum atomic E-state index is 13.4. The Morgan fingerprint density at radius 1 is 1.39 bits per heavy atom. The number of ether oxygens (including phenoxy) is 1. The van der Waals surface area contributed by atoms with Gasteiger partial charge in [-0.15, -0.1) is 0 Å². The molecule has 1 aliphatic rings. The van der Waals surface area contributed by atoms with Crippen LogP contribution in [0, 0.1) is 5.82 Å². The Morgan fingerprint density at radius 3 is 2.70 bits per heavy atom. The fourth-order valence-corrected chi connectivity index (χ4v) is 2.55. The maximum absolute atomic E-state index is 13.4. The number of nitrogens with zero attached hydrogens (tertiary/aromatic N) is 2. The third kappa shape index (κ3) is 4.80. The number of carbonyl (C=O) groups is 1. The Bertz CT molecular complexity index is 533. The van der Waals surface area contributed by atoms with E-state index in [1.165, 1.54) is 12.1 Å².